The Kier molecular flexibility index (Phi) is 8.63. The van der Waals surface area contributed by atoms with Crippen LogP contribution in [-0.4, -0.2) is 130 Å². The summed E-state index contributed by atoms with van der Waals surface area (Å²) in [5.74, 6) is -2.26. The fourth-order valence-electron chi connectivity index (χ4n) is 5.27. The third-order valence-corrected chi connectivity index (χ3v) is 7.72. The third-order valence-electron chi connectivity index (χ3n) is 7.72. The van der Waals surface area contributed by atoms with Crippen molar-refractivity contribution >= 4 is 11.6 Å². The fourth-order valence-corrected chi connectivity index (χ4v) is 5.27. The highest BCUT2D eigenvalue weighted by atomic mass is 16.7. The quantitative estimate of drug-likeness (QED) is 0.156. The Balaban J connectivity index is 1.45. The molecule has 15 heteroatoms. The molecule has 7 N–H and O–H groups in total. The summed E-state index contributed by atoms with van der Waals surface area (Å²) in [4.78, 5) is 27.0. The van der Waals surface area contributed by atoms with Gasteiger partial charge in [0.15, 0.2) is 29.4 Å². The minimum Gasteiger partial charge on any atom is -0.507 e. The summed E-state index contributed by atoms with van der Waals surface area (Å²) in [6.45, 7) is 0.704. The molecule has 15 nitrogen and oxygen atoms in total. The van der Waals surface area contributed by atoms with Crippen LogP contribution < -0.4 is 14.2 Å². The number of hydrogen-bond acceptors (Lipinski definition) is 15. The SMILES string of the molecule is COc1c(OC2OC(COC3OCC(O)C(O)C3O)C(O)C(O)C2O)cc2c(c1OC)C(=O)c1ccc(C)c(O)c1C2=O. The van der Waals surface area contributed by atoms with Gasteiger partial charge in [-0.2, -0.15) is 0 Å². The van der Waals surface area contributed by atoms with E-state index in [0.29, 0.717) is 5.56 Å². The maximum absolute atomic E-state index is 13.6. The van der Waals surface area contributed by atoms with Crippen LogP contribution in [-0.2, 0) is 14.2 Å². The lowest BCUT2D eigenvalue weighted by molar-refractivity contribution is -0.307. The molecule has 2 aromatic rings. The standard InChI is InChI=1S/C28H32O15/c1-9-4-5-10-15(17(9)30)19(32)11-6-13(25(38-2)26(39-3)16(11)18(10)31)42-28-24(37)22(35)21(34)14(43-28)8-41-27-23(36)20(33)12(29)7-40-27/h4-6,12,14,20-24,27-30,33-37H,7-8H2,1-3H3. The summed E-state index contributed by atoms with van der Waals surface area (Å²) in [5, 5.41) is 71.9. The molecule has 0 aromatic heterocycles. The number of phenolic OH excluding ortho intramolecular Hbond substituents is 1. The van der Waals surface area contributed by atoms with Gasteiger partial charge in [0.1, 0.15) is 48.5 Å². The molecule has 43 heavy (non-hydrogen) atoms. The Morgan fingerprint density at radius 1 is 0.814 bits per heavy atom. The highest BCUT2D eigenvalue weighted by Crippen LogP contribution is 2.47. The lowest BCUT2D eigenvalue weighted by Gasteiger charge is -2.41. The normalized spacial score (nSPS) is 32.2. The number of aliphatic hydroxyl groups is 6. The second kappa shape index (κ2) is 12.0. The van der Waals surface area contributed by atoms with Gasteiger partial charge in [-0.25, -0.2) is 0 Å². The monoisotopic (exact) mass is 608 g/mol. The van der Waals surface area contributed by atoms with Gasteiger partial charge in [0, 0.05) is 11.1 Å². The highest BCUT2D eigenvalue weighted by Gasteiger charge is 2.47. The van der Waals surface area contributed by atoms with E-state index >= 15 is 0 Å². The van der Waals surface area contributed by atoms with E-state index in [9.17, 15) is 45.3 Å². The van der Waals surface area contributed by atoms with Gasteiger partial charge in [0.05, 0.1) is 38.6 Å². The van der Waals surface area contributed by atoms with E-state index in [1.54, 1.807) is 6.92 Å². The number of phenols is 1. The molecule has 2 aliphatic heterocycles. The van der Waals surface area contributed by atoms with Crippen LogP contribution in [0.25, 0.3) is 0 Å². The van der Waals surface area contributed by atoms with Crippen molar-refractivity contribution in [3.05, 3.63) is 46.0 Å². The van der Waals surface area contributed by atoms with E-state index in [1.165, 1.54) is 26.4 Å². The molecule has 0 spiro atoms. The predicted octanol–water partition coefficient (Wildman–Crippen LogP) is -1.86. The molecule has 9 atom stereocenters. The smallest absolute Gasteiger partial charge is 0.229 e. The molecular weight excluding hydrogens is 576 g/mol. The zero-order chi connectivity index (χ0) is 31.3. The summed E-state index contributed by atoms with van der Waals surface area (Å²) in [5.41, 5.74) is -0.199. The molecule has 0 radical (unpaired) electrons. The van der Waals surface area contributed by atoms with E-state index in [2.05, 4.69) is 0 Å². The summed E-state index contributed by atoms with van der Waals surface area (Å²) >= 11 is 0. The van der Waals surface area contributed by atoms with Crippen LogP contribution in [0, 0.1) is 6.92 Å². The summed E-state index contributed by atoms with van der Waals surface area (Å²) < 4.78 is 33.0. The largest absolute Gasteiger partial charge is 0.507 e. The Morgan fingerprint density at radius 3 is 2.14 bits per heavy atom. The van der Waals surface area contributed by atoms with Gasteiger partial charge < -0.3 is 64.2 Å². The Hall–Kier alpha value is -3.38. The van der Waals surface area contributed by atoms with Crippen LogP contribution >= 0.6 is 0 Å². The predicted molar refractivity (Wildman–Crippen MR) is 140 cm³/mol. The minimum absolute atomic E-state index is 0.0327. The molecule has 2 aromatic carbocycles. The van der Waals surface area contributed by atoms with Crippen molar-refractivity contribution in [1.29, 1.82) is 0 Å². The second-order valence-electron chi connectivity index (χ2n) is 10.4. The minimum atomic E-state index is -1.84. The molecule has 0 bridgehead atoms. The van der Waals surface area contributed by atoms with Crippen molar-refractivity contribution in [1.82, 2.24) is 0 Å². The first-order valence-electron chi connectivity index (χ1n) is 13.3. The summed E-state index contributed by atoms with van der Waals surface area (Å²) in [6.07, 6.45) is -14.4. The lowest BCUT2D eigenvalue weighted by Crippen LogP contribution is -2.61. The van der Waals surface area contributed by atoms with Crippen molar-refractivity contribution in [2.75, 3.05) is 27.4 Å². The van der Waals surface area contributed by atoms with Crippen molar-refractivity contribution in [3.63, 3.8) is 0 Å². The number of ether oxygens (including phenoxy) is 6. The molecule has 2 saturated heterocycles. The van der Waals surface area contributed by atoms with E-state index < -0.39 is 73.5 Å². The number of carbonyl (C=O) groups excluding carboxylic acids is 2. The van der Waals surface area contributed by atoms with Gasteiger partial charge in [-0.05, 0) is 24.6 Å². The van der Waals surface area contributed by atoms with Gasteiger partial charge in [0.25, 0.3) is 0 Å². The lowest BCUT2D eigenvalue weighted by atomic mass is 9.82. The van der Waals surface area contributed by atoms with Gasteiger partial charge in [-0.3, -0.25) is 9.59 Å². The fraction of sp³-hybridized carbons (Fsp3) is 0.500. The van der Waals surface area contributed by atoms with Crippen molar-refractivity contribution in [2.45, 2.75) is 62.2 Å². The number of benzene rings is 2. The first-order valence-corrected chi connectivity index (χ1v) is 13.3. The van der Waals surface area contributed by atoms with Crippen LogP contribution in [0.1, 0.15) is 37.4 Å². The molecule has 2 heterocycles. The number of fused-ring (bicyclic) bond motifs is 2. The first-order chi connectivity index (χ1) is 20.4. The Bertz CT molecular complexity index is 1410. The summed E-state index contributed by atoms with van der Waals surface area (Å²) in [6, 6.07) is 4.07. The Labute approximate surface area is 244 Å². The number of methoxy groups -OCH3 is 2. The van der Waals surface area contributed by atoms with E-state index in [-0.39, 0.29) is 51.9 Å². The van der Waals surface area contributed by atoms with Crippen LogP contribution in [0.4, 0.5) is 0 Å². The number of aryl methyl sites for hydroxylation is 1. The number of ketones is 2. The molecule has 3 aliphatic rings. The first kappa shape index (κ1) is 31.1. The highest BCUT2D eigenvalue weighted by molar-refractivity contribution is 6.30. The maximum Gasteiger partial charge on any atom is 0.229 e. The van der Waals surface area contributed by atoms with E-state index in [4.69, 9.17) is 28.4 Å². The van der Waals surface area contributed by atoms with Crippen molar-refractivity contribution < 1.29 is 73.8 Å². The van der Waals surface area contributed by atoms with E-state index in [0.717, 1.165) is 6.07 Å². The number of rotatable bonds is 7. The van der Waals surface area contributed by atoms with Crippen molar-refractivity contribution in [3.8, 4) is 23.0 Å². The van der Waals surface area contributed by atoms with Gasteiger partial charge >= 0.3 is 0 Å². The number of aliphatic hydroxyl groups excluding tert-OH is 6. The third kappa shape index (κ3) is 5.22. The number of aromatic hydroxyl groups is 1. The molecule has 9 unspecified atom stereocenters. The molecule has 2 fully saturated rings. The molecule has 1 aliphatic carbocycles. The zero-order valence-corrected chi connectivity index (χ0v) is 23.2. The number of hydrogen-bond donors (Lipinski definition) is 7. The number of carbonyl (C=O) groups is 2. The molecule has 234 valence electrons. The van der Waals surface area contributed by atoms with E-state index in [1.807, 2.05) is 0 Å². The average Bonchev–Trinajstić information content (AvgIpc) is 2.99. The molecule has 0 amide bonds. The van der Waals surface area contributed by atoms with Crippen LogP contribution in [0.2, 0.25) is 0 Å². The zero-order valence-electron chi connectivity index (χ0n) is 23.2. The van der Waals surface area contributed by atoms with Crippen LogP contribution in [0.3, 0.4) is 0 Å². The van der Waals surface area contributed by atoms with Gasteiger partial charge in [-0.15, -0.1) is 0 Å². The molecule has 0 saturated carbocycles. The maximum atomic E-state index is 13.6. The topological polar surface area (TPSA) is 231 Å². The average molecular weight is 609 g/mol. The van der Waals surface area contributed by atoms with Crippen molar-refractivity contribution in [2.24, 2.45) is 0 Å². The van der Waals surface area contributed by atoms with Gasteiger partial charge in [0.2, 0.25) is 12.0 Å². The van der Waals surface area contributed by atoms with Crippen LogP contribution in [0.15, 0.2) is 18.2 Å². The second-order valence-corrected chi connectivity index (χ2v) is 10.4. The molecule has 5 rings (SSSR count). The summed E-state index contributed by atoms with van der Waals surface area (Å²) in [7, 11) is 2.47. The Morgan fingerprint density at radius 2 is 1.47 bits per heavy atom. The van der Waals surface area contributed by atoms with Gasteiger partial charge in [-0.1, -0.05) is 6.07 Å². The van der Waals surface area contributed by atoms with Crippen LogP contribution in [0.5, 0.6) is 23.0 Å². The molecular formula is C28H32O15.